The molecule has 0 bridgehead atoms. The van der Waals surface area contributed by atoms with Gasteiger partial charge in [-0.2, -0.15) is 0 Å². The van der Waals surface area contributed by atoms with E-state index >= 15 is 0 Å². The maximum Gasteiger partial charge on any atom is 0.313 e. The first-order valence-corrected chi connectivity index (χ1v) is 16.7. The van der Waals surface area contributed by atoms with Crippen LogP contribution in [0.3, 0.4) is 0 Å². The van der Waals surface area contributed by atoms with Crippen LogP contribution in [0.1, 0.15) is 89.5 Å². The lowest BCUT2D eigenvalue weighted by molar-refractivity contribution is -0.940. The van der Waals surface area contributed by atoms with Crippen LogP contribution in [0.15, 0.2) is 48.8 Å². The molecular weight excluding hydrogens is 604 g/mol. The molecule has 0 radical (unpaired) electrons. The van der Waals surface area contributed by atoms with Crippen LogP contribution in [-0.2, 0) is 15.1 Å². The van der Waals surface area contributed by atoms with Gasteiger partial charge in [-0.15, -0.1) is 0 Å². The van der Waals surface area contributed by atoms with Crippen LogP contribution in [0.4, 0.5) is 20.4 Å². The number of halogens is 2. The molecule has 0 aliphatic heterocycles. The Labute approximate surface area is 277 Å². The van der Waals surface area contributed by atoms with E-state index < -0.39 is 12.0 Å². The lowest BCUT2D eigenvalue weighted by Crippen LogP contribution is -2.51. The Bertz CT molecular complexity index is 1460. The maximum atomic E-state index is 13.1. The molecule has 11 heteroatoms. The molecule has 9 nitrogen and oxygen atoms in total. The molecule has 0 spiro atoms. The summed E-state index contributed by atoms with van der Waals surface area (Å²) in [5.41, 5.74) is 1.56. The summed E-state index contributed by atoms with van der Waals surface area (Å²) in [5.74, 6) is 0.334. The number of quaternary nitrogens is 1. The lowest BCUT2D eigenvalue weighted by atomic mass is 9.73. The number of aryl methyl sites for hydroxylation is 1. The van der Waals surface area contributed by atoms with Crippen LogP contribution in [0.2, 0.25) is 0 Å². The van der Waals surface area contributed by atoms with Gasteiger partial charge in [-0.05, 0) is 121 Å². The van der Waals surface area contributed by atoms with Crippen molar-refractivity contribution in [2.75, 3.05) is 31.7 Å². The molecule has 1 aliphatic carbocycles. The van der Waals surface area contributed by atoms with E-state index in [-0.39, 0.29) is 35.3 Å². The maximum absolute atomic E-state index is 13.1. The number of nitrogens with one attached hydrogen (secondary N) is 1. The van der Waals surface area contributed by atoms with Crippen LogP contribution in [-0.4, -0.2) is 68.1 Å². The largest absolute Gasteiger partial charge is 0.415 e. The summed E-state index contributed by atoms with van der Waals surface area (Å²) >= 11 is 0. The second kappa shape index (κ2) is 16.0. The number of hydrogen-bond acceptors (Lipinski definition) is 8. The number of rotatable bonds is 15. The van der Waals surface area contributed by atoms with Gasteiger partial charge in [0.15, 0.2) is 0 Å². The molecule has 3 aromatic rings. The Morgan fingerprint density at radius 3 is 2.43 bits per heavy atom. The number of esters is 1. The summed E-state index contributed by atoms with van der Waals surface area (Å²) in [6.07, 6.45) is 4.36. The molecule has 1 unspecified atom stereocenters. The van der Waals surface area contributed by atoms with Gasteiger partial charge in [0.1, 0.15) is 17.2 Å². The Hall–Kier alpha value is -3.54. The summed E-state index contributed by atoms with van der Waals surface area (Å²) < 4.78 is 32.8. The Morgan fingerprint density at radius 1 is 1.09 bits per heavy atom. The number of carbonyl (C=O) groups excluding carboxylic acids is 1. The molecule has 256 valence electrons. The van der Waals surface area contributed by atoms with E-state index in [0.717, 1.165) is 43.6 Å². The highest BCUT2D eigenvalue weighted by Crippen LogP contribution is 2.41. The zero-order valence-electron chi connectivity index (χ0n) is 28.3. The van der Waals surface area contributed by atoms with Gasteiger partial charge in [0, 0.05) is 23.5 Å². The molecule has 2 atom stereocenters. The van der Waals surface area contributed by atoms with Crippen molar-refractivity contribution >= 4 is 17.6 Å². The summed E-state index contributed by atoms with van der Waals surface area (Å²) in [6, 6.07) is 9.97. The molecule has 3 aromatic heterocycles. The van der Waals surface area contributed by atoms with Gasteiger partial charge < -0.3 is 20.3 Å². The Morgan fingerprint density at radius 2 is 1.81 bits per heavy atom. The quantitative estimate of drug-likeness (QED) is 0.0906. The van der Waals surface area contributed by atoms with Crippen LogP contribution < -0.4 is 5.32 Å². The number of hydrogen-bond donors (Lipinski definition) is 3. The van der Waals surface area contributed by atoms with Crippen LogP contribution in [0.25, 0.3) is 11.3 Å². The molecule has 4 rings (SSSR count). The minimum atomic E-state index is -2.60. The van der Waals surface area contributed by atoms with E-state index in [1.54, 1.807) is 20.0 Å². The van der Waals surface area contributed by atoms with Gasteiger partial charge in [-0.3, -0.25) is 14.3 Å². The predicted molar refractivity (Wildman–Crippen MR) is 178 cm³/mol. The fourth-order valence-corrected chi connectivity index (χ4v) is 6.43. The van der Waals surface area contributed by atoms with Crippen molar-refractivity contribution in [3.05, 3.63) is 65.6 Å². The first-order valence-electron chi connectivity index (χ1n) is 16.7. The number of aliphatic hydroxyl groups is 2. The summed E-state index contributed by atoms with van der Waals surface area (Å²) in [6.45, 7) is 12.6. The van der Waals surface area contributed by atoms with E-state index in [1.165, 1.54) is 18.3 Å². The average molecular weight is 655 g/mol. The molecule has 47 heavy (non-hydrogen) atoms. The highest BCUT2D eigenvalue weighted by atomic mass is 19.3. The van der Waals surface area contributed by atoms with Gasteiger partial charge in [0.2, 0.25) is 6.73 Å². The lowest BCUT2D eigenvalue weighted by Gasteiger charge is -2.38. The minimum absolute atomic E-state index is 0.0593. The fraction of sp³-hybridized carbons (Fsp3) is 0.556. The van der Waals surface area contributed by atoms with Gasteiger partial charge >= 0.3 is 5.97 Å². The van der Waals surface area contributed by atoms with Crippen molar-refractivity contribution in [1.29, 1.82) is 0 Å². The number of nitrogens with zero attached hydrogens (tertiary/aromatic N) is 4. The standard InChI is InChI=1S/C36H50F2N5O4/c1-6-43(7-2,18-8-9-25(4)44)23-47-35(45)26-10-13-29(14-11-26)36(5,46)31-15-12-28(22-40-31)30-19-24(3)20-33(41-30)42-32-21-27(34(37)38)16-17-39-32/h12,15-17,19-22,25-26,29,34,44,46H,6-11,13-14,18,23H2,1-5H3,(H,39,41,42)/q+1/t25?,26?,29?,36-/m1/s1. The zero-order chi connectivity index (χ0) is 34.2. The monoisotopic (exact) mass is 654 g/mol. The van der Waals surface area contributed by atoms with E-state index in [1.807, 2.05) is 31.2 Å². The van der Waals surface area contributed by atoms with Gasteiger partial charge in [0.05, 0.1) is 43.0 Å². The van der Waals surface area contributed by atoms with Crippen LogP contribution in [0.5, 0.6) is 0 Å². The first kappa shape index (κ1) is 36.3. The molecule has 3 N–H and O–H groups in total. The number of aromatic nitrogens is 3. The van der Waals surface area contributed by atoms with Crippen molar-refractivity contribution in [3.63, 3.8) is 0 Å². The van der Waals surface area contributed by atoms with E-state index in [9.17, 15) is 23.8 Å². The average Bonchev–Trinajstić information content (AvgIpc) is 3.06. The second-order valence-electron chi connectivity index (χ2n) is 13.2. The highest BCUT2D eigenvalue weighted by Gasteiger charge is 2.40. The van der Waals surface area contributed by atoms with Crippen molar-refractivity contribution < 1.29 is 33.0 Å². The molecule has 3 heterocycles. The highest BCUT2D eigenvalue weighted by molar-refractivity contribution is 5.72. The van der Waals surface area contributed by atoms with Crippen molar-refractivity contribution in [2.45, 2.75) is 91.3 Å². The molecule has 0 saturated heterocycles. The number of anilines is 2. The van der Waals surface area contributed by atoms with Crippen molar-refractivity contribution in [2.24, 2.45) is 11.8 Å². The predicted octanol–water partition coefficient (Wildman–Crippen LogP) is 7.06. The first-order chi connectivity index (χ1) is 22.4. The SMILES string of the molecule is CC[N+](CC)(CCCC(C)O)COC(=O)C1CCC([C@@](C)(O)c2ccc(-c3cc(C)cc(Nc4cc(C(F)F)ccn4)n3)cn2)CC1. The molecule has 1 saturated carbocycles. The normalized spacial score (nSPS) is 18.9. The molecule has 0 aromatic carbocycles. The third kappa shape index (κ3) is 9.52. The van der Waals surface area contributed by atoms with Crippen molar-refractivity contribution in [1.82, 2.24) is 15.0 Å². The van der Waals surface area contributed by atoms with E-state index in [0.29, 0.717) is 54.1 Å². The van der Waals surface area contributed by atoms with Gasteiger partial charge in [-0.25, -0.2) is 18.7 Å². The number of carbonyl (C=O) groups is 1. The Balaban J connectivity index is 1.35. The Kier molecular flexibility index (Phi) is 12.4. The van der Waals surface area contributed by atoms with Gasteiger partial charge in [-0.1, -0.05) is 0 Å². The number of aliphatic hydroxyl groups excluding tert-OH is 1. The third-order valence-corrected chi connectivity index (χ3v) is 9.77. The molecule has 1 aliphatic rings. The number of alkyl halides is 2. The summed E-state index contributed by atoms with van der Waals surface area (Å²) in [5, 5.41) is 24.3. The molecular formula is C36H50F2N5O4+. The van der Waals surface area contributed by atoms with Crippen LogP contribution >= 0.6 is 0 Å². The third-order valence-electron chi connectivity index (χ3n) is 9.77. The van der Waals surface area contributed by atoms with Crippen molar-refractivity contribution in [3.8, 4) is 11.3 Å². The van der Waals surface area contributed by atoms with Gasteiger partial charge in [0.25, 0.3) is 6.43 Å². The second-order valence-corrected chi connectivity index (χ2v) is 13.2. The topological polar surface area (TPSA) is 117 Å². The minimum Gasteiger partial charge on any atom is -0.415 e. The van der Waals surface area contributed by atoms with E-state index in [2.05, 4.69) is 34.1 Å². The summed E-state index contributed by atoms with van der Waals surface area (Å²) in [7, 11) is 0. The van der Waals surface area contributed by atoms with Crippen LogP contribution in [0, 0.1) is 18.8 Å². The number of ether oxygens (including phenoxy) is 1. The molecule has 0 amide bonds. The smallest absolute Gasteiger partial charge is 0.313 e. The van der Waals surface area contributed by atoms with E-state index in [4.69, 9.17) is 4.74 Å². The summed E-state index contributed by atoms with van der Waals surface area (Å²) in [4.78, 5) is 26.5. The fourth-order valence-electron chi connectivity index (χ4n) is 6.43. The zero-order valence-corrected chi connectivity index (χ0v) is 28.3. The number of pyridine rings is 3. The molecule has 1 fully saturated rings.